The smallest absolute Gasteiger partial charge is 0.231 e. The minimum absolute atomic E-state index is 0.0326. The second kappa shape index (κ2) is 4.39. The van der Waals surface area contributed by atoms with Crippen molar-refractivity contribution < 1.29 is 14.3 Å². The Labute approximate surface area is 94.7 Å². The largest absolute Gasteiger partial charge is 0.454 e. The summed E-state index contributed by atoms with van der Waals surface area (Å²) < 4.78 is 10.5. The third kappa shape index (κ3) is 2.24. The Bertz CT molecular complexity index is 433. The number of rotatable bonds is 3. The molecule has 0 atom stereocenters. The van der Waals surface area contributed by atoms with Crippen molar-refractivity contribution in [2.75, 3.05) is 6.79 Å². The Balaban J connectivity index is 2.14. The molecule has 2 rings (SSSR count). The highest BCUT2D eigenvalue weighted by atomic mass is 16.7. The number of allylic oxidation sites excluding steroid dienone is 1. The average Bonchev–Trinajstić information content (AvgIpc) is 2.72. The van der Waals surface area contributed by atoms with Gasteiger partial charge in [0.15, 0.2) is 17.3 Å². The van der Waals surface area contributed by atoms with E-state index in [4.69, 9.17) is 9.47 Å². The fourth-order valence-electron chi connectivity index (χ4n) is 1.39. The highest BCUT2D eigenvalue weighted by Crippen LogP contribution is 2.32. The van der Waals surface area contributed by atoms with E-state index in [1.54, 1.807) is 12.2 Å². The lowest BCUT2D eigenvalue weighted by molar-refractivity contribution is -0.117. The first kappa shape index (κ1) is 10.7. The summed E-state index contributed by atoms with van der Waals surface area (Å²) >= 11 is 0. The maximum Gasteiger partial charge on any atom is 0.231 e. The van der Waals surface area contributed by atoms with Gasteiger partial charge in [-0.05, 0) is 23.8 Å². The molecule has 3 heteroatoms. The summed E-state index contributed by atoms with van der Waals surface area (Å²) in [4.78, 5) is 11.4. The molecule has 1 heterocycles. The van der Waals surface area contributed by atoms with Crippen LogP contribution in [0.2, 0.25) is 0 Å². The van der Waals surface area contributed by atoms with E-state index in [2.05, 4.69) is 0 Å². The van der Waals surface area contributed by atoms with Gasteiger partial charge in [0.25, 0.3) is 0 Å². The fourth-order valence-corrected chi connectivity index (χ4v) is 1.39. The highest BCUT2D eigenvalue weighted by molar-refractivity contribution is 5.94. The van der Waals surface area contributed by atoms with Crippen LogP contribution in [0.3, 0.4) is 0 Å². The molecule has 84 valence electrons. The molecule has 1 aliphatic heterocycles. The third-order valence-corrected chi connectivity index (χ3v) is 2.41. The van der Waals surface area contributed by atoms with E-state index in [0.717, 1.165) is 17.1 Å². The SMILES string of the molecule is CC(C)C(=O)/C=C/c1ccc2c(c1)OCO2. The summed E-state index contributed by atoms with van der Waals surface area (Å²) in [6, 6.07) is 5.62. The molecular formula is C13H14O3. The van der Waals surface area contributed by atoms with Crippen molar-refractivity contribution in [1.82, 2.24) is 0 Å². The summed E-state index contributed by atoms with van der Waals surface area (Å²) in [6.45, 7) is 4.03. The van der Waals surface area contributed by atoms with Gasteiger partial charge >= 0.3 is 0 Å². The second-order valence-corrected chi connectivity index (χ2v) is 4.00. The topological polar surface area (TPSA) is 35.5 Å². The molecule has 3 nitrogen and oxygen atoms in total. The summed E-state index contributed by atoms with van der Waals surface area (Å²) in [5, 5.41) is 0. The van der Waals surface area contributed by atoms with E-state index in [9.17, 15) is 4.79 Å². The molecule has 16 heavy (non-hydrogen) atoms. The molecule has 0 saturated heterocycles. The normalized spacial score (nSPS) is 13.7. The molecule has 1 aromatic carbocycles. The van der Waals surface area contributed by atoms with Crippen molar-refractivity contribution in [3.05, 3.63) is 29.8 Å². The minimum Gasteiger partial charge on any atom is -0.454 e. The van der Waals surface area contributed by atoms with Crippen LogP contribution in [0, 0.1) is 5.92 Å². The number of hydrogen-bond donors (Lipinski definition) is 0. The van der Waals surface area contributed by atoms with E-state index in [-0.39, 0.29) is 18.5 Å². The number of carbonyl (C=O) groups excluding carboxylic acids is 1. The van der Waals surface area contributed by atoms with Gasteiger partial charge in [0.1, 0.15) is 0 Å². The van der Waals surface area contributed by atoms with Crippen LogP contribution in [0.15, 0.2) is 24.3 Å². The van der Waals surface area contributed by atoms with Gasteiger partial charge in [-0.1, -0.05) is 26.0 Å². The van der Waals surface area contributed by atoms with Crippen LogP contribution in [0.25, 0.3) is 6.08 Å². The lowest BCUT2D eigenvalue weighted by Gasteiger charge is -1.99. The van der Waals surface area contributed by atoms with Crippen LogP contribution in [-0.4, -0.2) is 12.6 Å². The Morgan fingerprint density at radius 1 is 1.31 bits per heavy atom. The molecule has 0 spiro atoms. The fraction of sp³-hybridized carbons (Fsp3) is 0.308. The lowest BCUT2D eigenvalue weighted by atomic mass is 10.1. The van der Waals surface area contributed by atoms with Crippen molar-refractivity contribution in [3.63, 3.8) is 0 Å². The van der Waals surface area contributed by atoms with Crippen molar-refractivity contribution >= 4 is 11.9 Å². The second-order valence-electron chi connectivity index (χ2n) is 4.00. The highest BCUT2D eigenvalue weighted by Gasteiger charge is 2.12. The van der Waals surface area contributed by atoms with Crippen LogP contribution >= 0.6 is 0 Å². The van der Waals surface area contributed by atoms with Crippen molar-refractivity contribution in [1.29, 1.82) is 0 Å². The Kier molecular flexibility index (Phi) is 2.95. The van der Waals surface area contributed by atoms with Crippen LogP contribution in [0.5, 0.6) is 11.5 Å². The van der Waals surface area contributed by atoms with Gasteiger partial charge in [0.2, 0.25) is 6.79 Å². The minimum atomic E-state index is 0.0326. The van der Waals surface area contributed by atoms with Gasteiger partial charge in [0.05, 0.1) is 0 Å². The van der Waals surface area contributed by atoms with E-state index >= 15 is 0 Å². The molecule has 0 unspecified atom stereocenters. The third-order valence-electron chi connectivity index (χ3n) is 2.41. The predicted molar refractivity (Wildman–Crippen MR) is 61.4 cm³/mol. The molecule has 1 aromatic rings. The molecule has 0 aliphatic carbocycles. The molecule has 1 aliphatic rings. The first-order valence-corrected chi connectivity index (χ1v) is 5.28. The maximum atomic E-state index is 11.4. The first-order valence-electron chi connectivity index (χ1n) is 5.28. The van der Waals surface area contributed by atoms with Crippen molar-refractivity contribution in [2.24, 2.45) is 5.92 Å². The zero-order valence-corrected chi connectivity index (χ0v) is 9.40. The van der Waals surface area contributed by atoms with Crippen LogP contribution < -0.4 is 9.47 Å². The van der Waals surface area contributed by atoms with Gasteiger partial charge in [-0.25, -0.2) is 0 Å². The summed E-state index contributed by atoms with van der Waals surface area (Å²) in [6.07, 6.45) is 3.40. The zero-order valence-electron chi connectivity index (χ0n) is 9.40. The molecular weight excluding hydrogens is 204 g/mol. The Morgan fingerprint density at radius 3 is 2.81 bits per heavy atom. The molecule has 0 saturated carbocycles. The number of benzene rings is 1. The standard InChI is InChI=1S/C13H14O3/c1-9(2)11(14)5-3-10-4-6-12-13(7-10)16-8-15-12/h3-7,9H,8H2,1-2H3/b5-3+. The monoisotopic (exact) mass is 218 g/mol. The van der Waals surface area contributed by atoms with Gasteiger partial charge in [-0.2, -0.15) is 0 Å². The van der Waals surface area contributed by atoms with Crippen LogP contribution in [-0.2, 0) is 4.79 Å². The van der Waals surface area contributed by atoms with Crippen LogP contribution in [0.4, 0.5) is 0 Å². The van der Waals surface area contributed by atoms with Crippen molar-refractivity contribution in [3.8, 4) is 11.5 Å². The van der Waals surface area contributed by atoms with Gasteiger partial charge in [0, 0.05) is 5.92 Å². The summed E-state index contributed by atoms with van der Waals surface area (Å²) in [5.41, 5.74) is 0.943. The number of carbonyl (C=O) groups is 1. The number of fused-ring (bicyclic) bond motifs is 1. The molecule has 0 bridgehead atoms. The predicted octanol–water partition coefficient (Wildman–Crippen LogP) is 2.65. The van der Waals surface area contributed by atoms with E-state index in [1.807, 2.05) is 32.0 Å². The summed E-state index contributed by atoms with van der Waals surface area (Å²) in [5.74, 6) is 1.65. The summed E-state index contributed by atoms with van der Waals surface area (Å²) in [7, 11) is 0. The Morgan fingerprint density at radius 2 is 2.06 bits per heavy atom. The van der Waals surface area contributed by atoms with Crippen LogP contribution in [0.1, 0.15) is 19.4 Å². The quantitative estimate of drug-likeness (QED) is 0.732. The molecule has 0 radical (unpaired) electrons. The van der Waals surface area contributed by atoms with Gasteiger partial charge < -0.3 is 9.47 Å². The van der Waals surface area contributed by atoms with E-state index < -0.39 is 0 Å². The molecule has 0 aromatic heterocycles. The lowest BCUT2D eigenvalue weighted by Crippen LogP contribution is -2.01. The van der Waals surface area contributed by atoms with E-state index in [1.165, 1.54) is 0 Å². The van der Waals surface area contributed by atoms with E-state index in [0.29, 0.717) is 0 Å². The molecule has 0 amide bonds. The Hall–Kier alpha value is -1.77. The number of ketones is 1. The molecule has 0 N–H and O–H groups in total. The van der Waals surface area contributed by atoms with Gasteiger partial charge in [-0.3, -0.25) is 4.79 Å². The maximum absolute atomic E-state index is 11.4. The average molecular weight is 218 g/mol. The zero-order chi connectivity index (χ0) is 11.5. The number of ether oxygens (including phenoxy) is 2. The first-order chi connectivity index (χ1) is 7.66. The molecule has 0 fully saturated rings. The number of hydrogen-bond acceptors (Lipinski definition) is 3. The van der Waals surface area contributed by atoms with Crippen molar-refractivity contribution in [2.45, 2.75) is 13.8 Å². The van der Waals surface area contributed by atoms with Gasteiger partial charge in [-0.15, -0.1) is 0 Å².